The van der Waals surface area contributed by atoms with Crippen LogP contribution in [0, 0.1) is 0 Å². The molecule has 0 amide bonds. The quantitative estimate of drug-likeness (QED) is 0.782. The highest BCUT2D eigenvalue weighted by molar-refractivity contribution is 5.48. The molecule has 25 heavy (non-hydrogen) atoms. The van der Waals surface area contributed by atoms with Crippen LogP contribution in [-0.2, 0) is 16.3 Å². The van der Waals surface area contributed by atoms with E-state index >= 15 is 0 Å². The largest absolute Gasteiger partial charge is 0.464 e. The van der Waals surface area contributed by atoms with E-state index in [0.717, 1.165) is 17.8 Å². The van der Waals surface area contributed by atoms with E-state index in [1.165, 1.54) is 6.07 Å². The number of alkyl halides is 3. The molecule has 0 saturated heterocycles. The van der Waals surface area contributed by atoms with Crippen molar-refractivity contribution in [1.82, 2.24) is 4.98 Å². The third-order valence-electron chi connectivity index (χ3n) is 4.07. The molecule has 0 fully saturated rings. The molecule has 0 saturated carbocycles. The van der Waals surface area contributed by atoms with Crippen LogP contribution in [0.15, 0.2) is 36.5 Å². The molecule has 2 aromatic rings. The lowest BCUT2D eigenvalue weighted by atomic mass is 9.85. The second-order valence-corrected chi connectivity index (χ2v) is 6.27. The highest BCUT2D eigenvalue weighted by Gasteiger charge is 2.42. The van der Waals surface area contributed by atoms with Gasteiger partial charge in [0.25, 0.3) is 0 Å². The van der Waals surface area contributed by atoms with Crippen molar-refractivity contribution in [2.45, 2.75) is 38.7 Å². The Kier molecular flexibility index (Phi) is 4.36. The SMILES string of the molecule is CCOC1Oc2ccc(Oc3ccc(C(F)(F)F)cn3)cc2C1(C)C. The number of hydrogen-bond acceptors (Lipinski definition) is 4. The molecular weight excluding hydrogens is 335 g/mol. The standard InChI is InChI=1S/C18H18F3NO3/c1-4-23-16-17(2,3)13-9-12(6-7-14(13)25-16)24-15-8-5-11(10-22-15)18(19,20)21/h5-10,16H,4H2,1-3H3. The van der Waals surface area contributed by atoms with Crippen molar-refractivity contribution < 1.29 is 27.4 Å². The van der Waals surface area contributed by atoms with Gasteiger partial charge in [0.2, 0.25) is 12.2 Å². The number of nitrogens with zero attached hydrogens (tertiary/aromatic N) is 1. The van der Waals surface area contributed by atoms with Crippen molar-refractivity contribution in [2.75, 3.05) is 6.61 Å². The maximum absolute atomic E-state index is 12.6. The van der Waals surface area contributed by atoms with Crippen LogP contribution in [0.2, 0.25) is 0 Å². The fourth-order valence-corrected chi connectivity index (χ4v) is 2.69. The molecule has 7 heteroatoms. The van der Waals surface area contributed by atoms with E-state index in [1.54, 1.807) is 18.2 Å². The predicted molar refractivity (Wildman–Crippen MR) is 84.8 cm³/mol. The van der Waals surface area contributed by atoms with Crippen LogP contribution in [0.1, 0.15) is 31.9 Å². The Hall–Kier alpha value is -2.28. The lowest BCUT2D eigenvalue weighted by Gasteiger charge is -2.25. The maximum Gasteiger partial charge on any atom is 0.417 e. The van der Waals surface area contributed by atoms with E-state index in [9.17, 15) is 13.2 Å². The normalized spacial score (nSPS) is 18.6. The Morgan fingerprint density at radius 3 is 2.56 bits per heavy atom. The van der Waals surface area contributed by atoms with Gasteiger partial charge in [-0.2, -0.15) is 13.2 Å². The first-order valence-electron chi connectivity index (χ1n) is 7.85. The summed E-state index contributed by atoms with van der Waals surface area (Å²) in [6.45, 7) is 6.42. The summed E-state index contributed by atoms with van der Waals surface area (Å²) in [5.74, 6) is 1.27. The molecule has 1 unspecified atom stereocenters. The van der Waals surface area contributed by atoms with Crippen LogP contribution in [0.3, 0.4) is 0 Å². The molecule has 1 aromatic carbocycles. The Morgan fingerprint density at radius 2 is 1.96 bits per heavy atom. The summed E-state index contributed by atoms with van der Waals surface area (Å²) < 4.78 is 54.7. The van der Waals surface area contributed by atoms with E-state index in [0.29, 0.717) is 18.1 Å². The first-order valence-corrected chi connectivity index (χ1v) is 7.85. The molecule has 0 aliphatic carbocycles. The van der Waals surface area contributed by atoms with Crippen molar-refractivity contribution >= 4 is 0 Å². The number of hydrogen-bond donors (Lipinski definition) is 0. The van der Waals surface area contributed by atoms with Crippen LogP contribution in [0.25, 0.3) is 0 Å². The van der Waals surface area contributed by atoms with Crippen LogP contribution in [0.4, 0.5) is 13.2 Å². The van der Waals surface area contributed by atoms with Crippen LogP contribution in [0.5, 0.6) is 17.4 Å². The fourth-order valence-electron chi connectivity index (χ4n) is 2.69. The zero-order valence-corrected chi connectivity index (χ0v) is 14.1. The van der Waals surface area contributed by atoms with E-state index in [-0.39, 0.29) is 11.3 Å². The van der Waals surface area contributed by atoms with Gasteiger partial charge < -0.3 is 14.2 Å². The molecule has 0 spiro atoms. The zero-order chi connectivity index (χ0) is 18.2. The smallest absolute Gasteiger partial charge is 0.417 e. The summed E-state index contributed by atoms with van der Waals surface area (Å²) in [7, 11) is 0. The minimum atomic E-state index is -4.42. The first kappa shape index (κ1) is 17.5. The molecule has 0 N–H and O–H groups in total. The van der Waals surface area contributed by atoms with Crippen molar-refractivity contribution in [2.24, 2.45) is 0 Å². The van der Waals surface area contributed by atoms with Gasteiger partial charge in [-0.05, 0) is 45.0 Å². The van der Waals surface area contributed by atoms with E-state index in [2.05, 4.69) is 4.98 Å². The second-order valence-electron chi connectivity index (χ2n) is 6.27. The average molecular weight is 353 g/mol. The number of rotatable bonds is 4. The lowest BCUT2D eigenvalue weighted by molar-refractivity contribution is -0.137. The fraction of sp³-hybridized carbons (Fsp3) is 0.389. The van der Waals surface area contributed by atoms with Gasteiger partial charge in [0, 0.05) is 24.4 Å². The van der Waals surface area contributed by atoms with Gasteiger partial charge in [-0.3, -0.25) is 0 Å². The highest BCUT2D eigenvalue weighted by Crippen LogP contribution is 2.45. The third kappa shape index (κ3) is 3.42. The number of pyridine rings is 1. The summed E-state index contributed by atoms with van der Waals surface area (Å²) in [6.07, 6.45) is -4.07. The van der Waals surface area contributed by atoms with Gasteiger partial charge in [-0.1, -0.05) is 0 Å². The minimum absolute atomic E-state index is 0.0889. The minimum Gasteiger partial charge on any atom is -0.464 e. The molecule has 134 valence electrons. The van der Waals surface area contributed by atoms with Crippen LogP contribution >= 0.6 is 0 Å². The molecule has 3 rings (SSSR count). The van der Waals surface area contributed by atoms with Gasteiger partial charge in [0.15, 0.2) is 0 Å². The lowest BCUT2D eigenvalue weighted by Crippen LogP contribution is -2.34. The zero-order valence-electron chi connectivity index (χ0n) is 14.1. The Balaban J connectivity index is 1.81. The van der Waals surface area contributed by atoms with Crippen molar-refractivity contribution in [1.29, 1.82) is 0 Å². The summed E-state index contributed by atoms with van der Waals surface area (Å²) >= 11 is 0. The number of benzene rings is 1. The van der Waals surface area contributed by atoms with Crippen LogP contribution < -0.4 is 9.47 Å². The molecule has 1 aliphatic rings. The Labute approximate surface area is 143 Å². The number of fused-ring (bicyclic) bond motifs is 1. The van der Waals surface area contributed by atoms with Crippen molar-refractivity contribution in [3.8, 4) is 17.4 Å². The van der Waals surface area contributed by atoms with Gasteiger partial charge in [0.1, 0.15) is 11.5 Å². The summed E-state index contributed by atoms with van der Waals surface area (Å²) in [5.41, 5.74) is -0.281. The topological polar surface area (TPSA) is 40.6 Å². The summed E-state index contributed by atoms with van der Waals surface area (Å²) in [6, 6.07) is 7.38. The molecular formula is C18H18F3NO3. The van der Waals surface area contributed by atoms with Gasteiger partial charge in [-0.15, -0.1) is 0 Å². The van der Waals surface area contributed by atoms with E-state index in [4.69, 9.17) is 14.2 Å². The average Bonchev–Trinajstić information content (AvgIpc) is 2.79. The van der Waals surface area contributed by atoms with Crippen LogP contribution in [-0.4, -0.2) is 17.9 Å². The molecule has 1 aromatic heterocycles. The molecule has 1 atom stereocenters. The molecule has 4 nitrogen and oxygen atoms in total. The van der Waals surface area contributed by atoms with Crippen molar-refractivity contribution in [3.05, 3.63) is 47.7 Å². The number of ether oxygens (including phenoxy) is 3. The highest BCUT2D eigenvalue weighted by atomic mass is 19.4. The molecule has 1 aliphatic heterocycles. The third-order valence-corrected chi connectivity index (χ3v) is 4.07. The molecule has 2 heterocycles. The Morgan fingerprint density at radius 1 is 1.20 bits per heavy atom. The van der Waals surface area contributed by atoms with Crippen molar-refractivity contribution in [3.63, 3.8) is 0 Å². The maximum atomic E-state index is 12.6. The van der Waals surface area contributed by atoms with Gasteiger partial charge in [0.05, 0.1) is 11.0 Å². The predicted octanol–water partition coefficient (Wildman–Crippen LogP) is 4.93. The first-order chi connectivity index (χ1) is 11.7. The number of halogens is 3. The molecule has 0 bridgehead atoms. The second kappa shape index (κ2) is 6.22. The monoisotopic (exact) mass is 353 g/mol. The molecule has 0 radical (unpaired) electrons. The van der Waals surface area contributed by atoms with E-state index < -0.39 is 18.0 Å². The number of aromatic nitrogens is 1. The summed E-state index contributed by atoms with van der Waals surface area (Å²) in [4.78, 5) is 3.72. The Bertz CT molecular complexity index is 757. The van der Waals surface area contributed by atoms with Gasteiger partial charge in [-0.25, -0.2) is 4.98 Å². The van der Waals surface area contributed by atoms with E-state index in [1.807, 2.05) is 20.8 Å². The summed E-state index contributed by atoms with van der Waals surface area (Å²) in [5, 5.41) is 0. The van der Waals surface area contributed by atoms with Gasteiger partial charge >= 0.3 is 6.18 Å².